The Labute approximate surface area is 97.5 Å². The average Bonchev–Trinajstić information content (AvgIpc) is 2.62. The molecule has 0 aliphatic carbocycles. The van der Waals surface area contributed by atoms with E-state index in [1.807, 2.05) is 6.92 Å². The van der Waals surface area contributed by atoms with Gasteiger partial charge in [0.1, 0.15) is 5.41 Å². The fraction of sp³-hybridized carbons (Fsp3) is 0.500. The van der Waals surface area contributed by atoms with E-state index in [0.717, 1.165) is 5.01 Å². The molecule has 1 unspecified atom stereocenters. The number of carbonyl (C=O) groups excluding carboxylic acids is 1. The lowest BCUT2D eigenvalue weighted by atomic mass is 9.84. The maximum atomic E-state index is 11.6. The van der Waals surface area contributed by atoms with E-state index in [9.17, 15) is 9.59 Å². The van der Waals surface area contributed by atoms with Crippen molar-refractivity contribution in [3.05, 3.63) is 16.1 Å². The standard InChI is InChI=1S/C10H14N2O3S/c1-6-12-7(5-16-6)4-10(2,9(14)15)8(13)11-3/h5H,4H2,1-3H3,(H,11,13)(H,14,15). The highest BCUT2D eigenvalue weighted by Gasteiger charge is 2.41. The van der Waals surface area contributed by atoms with Crippen LogP contribution in [0, 0.1) is 12.3 Å². The number of carbonyl (C=O) groups is 2. The van der Waals surface area contributed by atoms with Gasteiger partial charge in [-0.05, 0) is 13.8 Å². The fourth-order valence-corrected chi connectivity index (χ4v) is 1.99. The van der Waals surface area contributed by atoms with Crippen molar-refractivity contribution < 1.29 is 14.7 Å². The van der Waals surface area contributed by atoms with Gasteiger partial charge in [-0.3, -0.25) is 9.59 Å². The lowest BCUT2D eigenvalue weighted by Gasteiger charge is -2.21. The van der Waals surface area contributed by atoms with Gasteiger partial charge in [-0.25, -0.2) is 4.98 Å². The predicted molar refractivity (Wildman–Crippen MR) is 60.4 cm³/mol. The van der Waals surface area contributed by atoms with Crippen LogP contribution in [0.1, 0.15) is 17.6 Å². The summed E-state index contributed by atoms with van der Waals surface area (Å²) in [7, 11) is 1.43. The van der Waals surface area contributed by atoms with E-state index in [2.05, 4.69) is 10.3 Å². The summed E-state index contributed by atoms with van der Waals surface area (Å²) in [6.07, 6.45) is 0.104. The van der Waals surface area contributed by atoms with Crippen LogP contribution < -0.4 is 5.32 Å². The molecule has 5 nitrogen and oxygen atoms in total. The van der Waals surface area contributed by atoms with Crippen molar-refractivity contribution >= 4 is 23.2 Å². The van der Waals surface area contributed by atoms with Crippen molar-refractivity contribution in [1.29, 1.82) is 0 Å². The molecule has 0 aliphatic rings. The molecule has 16 heavy (non-hydrogen) atoms. The number of aliphatic carboxylic acids is 1. The number of nitrogens with one attached hydrogen (secondary N) is 1. The van der Waals surface area contributed by atoms with E-state index in [1.54, 1.807) is 5.38 Å². The zero-order valence-corrected chi connectivity index (χ0v) is 10.2. The summed E-state index contributed by atoms with van der Waals surface area (Å²) in [5.41, 5.74) is -0.828. The van der Waals surface area contributed by atoms with Gasteiger partial charge in [-0.1, -0.05) is 0 Å². The highest BCUT2D eigenvalue weighted by Crippen LogP contribution is 2.24. The van der Waals surface area contributed by atoms with Crippen molar-refractivity contribution in [3.63, 3.8) is 0 Å². The first-order valence-electron chi connectivity index (χ1n) is 4.76. The molecule has 1 amide bonds. The minimum absolute atomic E-state index is 0.104. The van der Waals surface area contributed by atoms with E-state index in [-0.39, 0.29) is 6.42 Å². The SMILES string of the molecule is CNC(=O)C(C)(Cc1csc(C)n1)C(=O)O. The second kappa shape index (κ2) is 4.61. The molecule has 0 fully saturated rings. The van der Waals surface area contributed by atoms with Crippen LogP contribution in [0.3, 0.4) is 0 Å². The monoisotopic (exact) mass is 242 g/mol. The molecule has 88 valence electrons. The number of aromatic nitrogens is 1. The number of aryl methyl sites for hydroxylation is 1. The molecule has 0 spiro atoms. The summed E-state index contributed by atoms with van der Waals surface area (Å²) in [5.74, 6) is -1.65. The third-order valence-electron chi connectivity index (χ3n) is 2.40. The first-order valence-corrected chi connectivity index (χ1v) is 5.64. The summed E-state index contributed by atoms with van der Waals surface area (Å²) in [5, 5.41) is 14.1. The predicted octanol–water partition coefficient (Wildman–Crippen LogP) is 0.831. The molecule has 2 N–H and O–H groups in total. The molecular formula is C10H14N2O3S. The van der Waals surface area contributed by atoms with Crippen molar-refractivity contribution in [2.75, 3.05) is 7.05 Å². The molecule has 6 heteroatoms. The van der Waals surface area contributed by atoms with E-state index in [4.69, 9.17) is 5.11 Å². The molecule has 0 aromatic carbocycles. The van der Waals surface area contributed by atoms with Gasteiger partial charge in [-0.15, -0.1) is 11.3 Å². The quantitative estimate of drug-likeness (QED) is 0.766. The second-order valence-corrected chi connectivity index (χ2v) is 4.81. The lowest BCUT2D eigenvalue weighted by molar-refractivity contribution is -0.154. The largest absolute Gasteiger partial charge is 0.480 e. The molecule has 0 saturated carbocycles. The third kappa shape index (κ3) is 2.38. The number of amides is 1. The average molecular weight is 242 g/mol. The Bertz CT molecular complexity index is 416. The first kappa shape index (κ1) is 12.6. The van der Waals surface area contributed by atoms with Gasteiger partial charge < -0.3 is 10.4 Å². The van der Waals surface area contributed by atoms with Crippen LogP contribution in [-0.2, 0) is 16.0 Å². The van der Waals surface area contributed by atoms with Crippen molar-refractivity contribution in [3.8, 4) is 0 Å². The Hall–Kier alpha value is -1.43. The van der Waals surface area contributed by atoms with E-state index < -0.39 is 17.3 Å². The van der Waals surface area contributed by atoms with Crippen LogP contribution in [0.5, 0.6) is 0 Å². The molecule has 0 saturated heterocycles. The number of rotatable bonds is 4. The van der Waals surface area contributed by atoms with E-state index >= 15 is 0 Å². The molecule has 1 rings (SSSR count). The van der Waals surface area contributed by atoms with Gasteiger partial charge in [0, 0.05) is 18.8 Å². The number of hydrogen-bond donors (Lipinski definition) is 2. The van der Waals surface area contributed by atoms with Gasteiger partial charge in [0.05, 0.1) is 10.7 Å². The number of carboxylic acids is 1. The lowest BCUT2D eigenvalue weighted by Crippen LogP contribution is -2.44. The number of thiazole rings is 1. The van der Waals surface area contributed by atoms with Gasteiger partial charge >= 0.3 is 5.97 Å². The maximum Gasteiger partial charge on any atom is 0.319 e. The summed E-state index contributed by atoms with van der Waals surface area (Å²) in [4.78, 5) is 26.9. The van der Waals surface area contributed by atoms with Crippen LogP contribution in [0.15, 0.2) is 5.38 Å². The number of hydrogen-bond acceptors (Lipinski definition) is 4. The van der Waals surface area contributed by atoms with Crippen molar-refractivity contribution in [2.45, 2.75) is 20.3 Å². The maximum absolute atomic E-state index is 11.6. The van der Waals surface area contributed by atoms with Gasteiger partial charge in [0.15, 0.2) is 0 Å². The molecule has 1 aromatic rings. The zero-order chi connectivity index (χ0) is 12.3. The first-order chi connectivity index (χ1) is 7.40. The molecule has 1 heterocycles. The van der Waals surface area contributed by atoms with Gasteiger partial charge in [0.2, 0.25) is 5.91 Å². The van der Waals surface area contributed by atoms with E-state index in [1.165, 1.54) is 25.3 Å². The molecule has 0 bridgehead atoms. The Morgan fingerprint density at radius 1 is 1.62 bits per heavy atom. The minimum Gasteiger partial charge on any atom is -0.480 e. The Balaban J connectivity index is 2.96. The van der Waals surface area contributed by atoms with Crippen LogP contribution in [0.2, 0.25) is 0 Å². The highest BCUT2D eigenvalue weighted by atomic mass is 32.1. The smallest absolute Gasteiger partial charge is 0.319 e. The number of nitrogens with zero attached hydrogens (tertiary/aromatic N) is 1. The Morgan fingerprint density at radius 2 is 2.25 bits per heavy atom. The molecular weight excluding hydrogens is 228 g/mol. The van der Waals surface area contributed by atoms with Crippen LogP contribution in [0.25, 0.3) is 0 Å². The topological polar surface area (TPSA) is 79.3 Å². The van der Waals surface area contributed by atoms with Crippen LogP contribution in [-0.4, -0.2) is 29.0 Å². The zero-order valence-electron chi connectivity index (χ0n) is 9.40. The summed E-state index contributed by atoms with van der Waals surface area (Å²) < 4.78 is 0. The Kier molecular flexibility index (Phi) is 3.64. The summed E-state index contributed by atoms with van der Waals surface area (Å²) >= 11 is 1.44. The molecule has 1 aromatic heterocycles. The second-order valence-electron chi connectivity index (χ2n) is 3.75. The summed E-state index contributed by atoms with van der Waals surface area (Å²) in [6, 6.07) is 0. The Morgan fingerprint density at radius 3 is 2.62 bits per heavy atom. The summed E-state index contributed by atoms with van der Waals surface area (Å²) in [6.45, 7) is 3.25. The van der Waals surface area contributed by atoms with Crippen LogP contribution >= 0.6 is 11.3 Å². The van der Waals surface area contributed by atoms with Crippen molar-refractivity contribution in [1.82, 2.24) is 10.3 Å². The van der Waals surface area contributed by atoms with Gasteiger partial charge in [-0.2, -0.15) is 0 Å². The minimum atomic E-state index is -1.46. The highest BCUT2D eigenvalue weighted by molar-refractivity contribution is 7.09. The van der Waals surface area contributed by atoms with Crippen molar-refractivity contribution in [2.24, 2.45) is 5.41 Å². The van der Waals surface area contributed by atoms with E-state index in [0.29, 0.717) is 5.69 Å². The molecule has 1 atom stereocenters. The fourth-order valence-electron chi connectivity index (χ4n) is 1.38. The molecule has 0 radical (unpaired) electrons. The third-order valence-corrected chi connectivity index (χ3v) is 3.22. The normalized spacial score (nSPS) is 14.2. The van der Waals surface area contributed by atoms with Crippen LogP contribution in [0.4, 0.5) is 0 Å². The molecule has 0 aliphatic heterocycles. The van der Waals surface area contributed by atoms with Gasteiger partial charge in [0.25, 0.3) is 0 Å². The number of carboxylic acid groups (broad SMARTS) is 1.